The molecule has 1 aliphatic rings. The van der Waals surface area contributed by atoms with E-state index in [9.17, 15) is 9.59 Å². The zero-order chi connectivity index (χ0) is 18.1. The van der Waals surface area contributed by atoms with Gasteiger partial charge in [0.1, 0.15) is 0 Å². The van der Waals surface area contributed by atoms with Gasteiger partial charge in [-0.3, -0.25) is 14.9 Å². The second-order valence-electron chi connectivity index (χ2n) is 6.14. The van der Waals surface area contributed by atoms with Crippen LogP contribution in [0.2, 0.25) is 0 Å². The molecule has 0 aliphatic carbocycles. The van der Waals surface area contributed by atoms with Crippen LogP contribution in [0.15, 0.2) is 47.8 Å². The Hall–Kier alpha value is -2.99. The number of carbonyl (C=O) groups excluding carboxylic acids is 2. The van der Waals surface area contributed by atoms with E-state index in [2.05, 4.69) is 22.5 Å². The van der Waals surface area contributed by atoms with Crippen molar-refractivity contribution < 1.29 is 9.59 Å². The van der Waals surface area contributed by atoms with Crippen molar-refractivity contribution in [3.63, 3.8) is 0 Å². The third-order valence-corrected chi connectivity index (χ3v) is 5.13. The Labute approximate surface area is 155 Å². The quantitative estimate of drug-likeness (QED) is 0.732. The lowest BCUT2D eigenvalue weighted by atomic mass is 10.1. The summed E-state index contributed by atoms with van der Waals surface area (Å²) in [5.41, 5.74) is 5.36. The first kappa shape index (κ1) is 16.5. The standard InChI is InChI=1S/C20H17N3O2S/c1-2-12-3-5-13(6-4-12)19(25)23-20-22-17(11-26-20)14-7-8-16-15(9-14)10-18(24)21-16/h3-9,11H,2,10H2,1H3,(H,21,24)(H,22,23,25). The molecule has 0 bridgehead atoms. The van der Waals surface area contributed by atoms with Crippen molar-refractivity contribution in [3.8, 4) is 11.3 Å². The van der Waals surface area contributed by atoms with Crippen LogP contribution in [0.4, 0.5) is 10.8 Å². The van der Waals surface area contributed by atoms with Crippen molar-refractivity contribution in [2.24, 2.45) is 0 Å². The number of nitrogens with zero attached hydrogens (tertiary/aromatic N) is 1. The van der Waals surface area contributed by atoms with Crippen molar-refractivity contribution in [2.45, 2.75) is 19.8 Å². The number of amides is 2. The van der Waals surface area contributed by atoms with Crippen LogP contribution in [0.1, 0.15) is 28.4 Å². The summed E-state index contributed by atoms with van der Waals surface area (Å²) in [5, 5.41) is 8.13. The van der Waals surface area contributed by atoms with Gasteiger partial charge in [0, 0.05) is 22.2 Å². The number of aromatic nitrogens is 1. The van der Waals surface area contributed by atoms with E-state index in [4.69, 9.17) is 0 Å². The summed E-state index contributed by atoms with van der Waals surface area (Å²) in [6.45, 7) is 2.08. The van der Waals surface area contributed by atoms with Gasteiger partial charge in [0.15, 0.2) is 5.13 Å². The number of nitrogens with one attached hydrogen (secondary N) is 2. The summed E-state index contributed by atoms with van der Waals surface area (Å²) in [6, 6.07) is 13.4. The summed E-state index contributed by atoms with van der Waals surface area (Å²) in [7, 11) is 0. The third-order valence-electron chi connectivity index (χ3n) is 4.38. The normalized spacial score (nSPS) is 12.6. The summed E-state index contributed by atoms with van der Waals surface area (Å²) in [4.78, 5) is 28.3. The van der Waals surface area contributed by atoms with Gasteiger partial charge in [-0.2, -0.15) is 0 Å². The predicted molar refractivity (Wildman–Crippen MR) is 104 cm³/mol. The van der Waals surface area contributed by atoms with Gasteiger partial charge in [-0.1, -0.05) is 25.1 Å². The van der Waals surface area contributed by atoms with Crippen molar-refractivity contribution in [3.05, 3.63) is 64.5 Å². The maximum absolute atomic E-state index is 12.4. The molecule has 3 aromatic rings. The Morgan fingerprint density at radius 2 is 2.04 bits per heavy atom. The molecule has 1 aromatic heterocycles. The SMILES string of the molecule is CCc1ccc(C(=O)Nc2nc(-c3ccc4c(c3)CC(=O)N4)cs2)cc1. The van der Waals surface area contributed by atoms with Crippen LogP contribution in [-0.4, -0.2) is 16.8 Å². The van der Waals surface area contributed by atoms with Crippen molar-refractivity contribution in [1.29, 1.82) is 0 Å². The molecule has 2 heterocycles. The molecule has 0 saturated carbocycles. The van der Waals surface area contributed by atoms with Crippen molar-refractivity contribution in [1.82, 2.24) is 4.98 Å². The highest BCUT2D eigenvalue weighted by molar-refractivity contribution is 7.14. The summed E-state index contributed by atoms with van der Waals surface area (Å²) >= 11 is 1.38. The molecule has 4 rings (SSSR count). The molecule has 26 heavy (non-hydrogen) atoms. The van der Waals surface area contributed by atoms with Gasteiger partial charge in [0.2, 0.25) is 5.91 Å². The zero-order valence-electron chi connectivity index (χ0n) is 14.2. The molecular weight excluding hydrogens is 346 g/mol. The molecule has 0 radical (unpaired) electrons. The number of thiazole rings is 1. The average molecular weight is 363 g/mol. The number of hydrogen-bond acceptors (Lipinski definition) is 4. The molecular formula is C20H17N3O2S. The molecule has 130 valence electrons. The topological polar surface area (TPSA) is 71.1 Å². The second-order valence-corrected chi connectivity index (χ2v) is 7.00. The Balaban J connectivity index is 1.50. The average Bonchev–Trinajstić information content (AvgIpc) is 3.26. The van der Waals surface area contributed by atoms with Gasteiger partial charge in [-0.05, 0) is 41.8 Å². The maximum Gasteiger partial charge on any atom is 0.257 e. The van der Waals surface area contributed by atoms with Crippen LogP contribution >= 0.6 is 11.3 Å². The van der Waals surface area contributed by atoms with E-state index in [1.165, 1.54) is 16.9 Å². The number of rotatable bonds is 4. The van der Waals surface area contributed by atoms with Crippen LogP contribution in [0, 0.1) is 0 Å². The van der Waals surface area contributed by atoms with E-state index in [0.717, 1.165) is 28.9 Å². The number of anilines is 2. The molecule has 1 aliphatic heterocycles. The number of aryl methyl sites for hydroxylation is 1. The van der Waals surface area contributed by atoms with Gasteiger partial charge in [-0.15, -0.1) is 11.3 Å². The van der Waals surface area contributed by atoms with E-state index in [-0.39, 0.29) is 11.8 Å². The molecule has 0 unspecified atom stereocenters. The fourth-order valence-corrected chi connectivity index (χ4v) is 3.63. The van der Waals surface area contributed by atoms with Gasteiger partial charge in [0.25, 0.3) is 5.91 Å². The van der Waals surface area contributed by atoms with Crippen molar-refractivity contribution >= 4 is 34.0 Å². The first-order valence-electron chi connectivity index (χ1n) is 8.41. The minimum atomic E-state index is -0.169. The molecule has 2 N–H and O–H groups in total. The number of fused-ring (bicyclic) bond motifs is 1. The van der Waals surface area contributed by atoms with E-state index >= 15 is 0 Å². The largest absolute Gasteiger partial charge is 0.326 e. The highest BCUT2D eigenvalue weighted by atomic mass is 32.1. The van der Waals surface area contributed by atoms with Gasteiger partial charge >= 0.3 is 0 Å². The lowest BCUT2D eigenvalue weighted by molar-refractivity contribution is -0.115. The second kappa shape index (κ2) is 6.72. The molecule has 5 nitrogen and oxygen atoms in total. The van der Waals surface area contributed by atoms with E-state index in [0.29, 0.717) is 17.1 Å². The molecule has 2 aromatic carbocycles. The number of benzene rings is 2. The molecule has 0 spiro atoms. The Morgan fingerprint density at radius 1 is 1.23 bits per heavy atom. The Morgan fingerprint density at radius 3 is 2.81 bits per heavy atom. The van der Waals surface area contributed by atoms with E-state index in [1.807, 2.05) is 47.8 Å². The van der Waals surface area contributed by atoms with Crippen LogP contribution in [0.3, 0.4) is 0 Å². The molecule has 0 fully saturated rings. The van der Waals surface area contributed by atoms with Crippen molar-refractivity contribution in [2.75, 3.05) is 10.6 Å². The minimum Gasteiger partial charge on any atom is -0.326 e. The Kier molecular flexibility index (Phi) is 4.26. The minimum absolute atomic E-state index is 0.0115. The lowest BCUT2D eigenvalue weighted by Crippen LogP contribution is -2.11. The van der Waals surface area contributed by atoms with Crippen LogP contribution in [0.5, 0.6) is 0 Å². The molecule has 0 saturated heterocycles. The predicted octanol–water partition coefficient (Wildman–Crippen LogP) is 4.12. The highest BCUT2D eigenvalue weighted by Gasteiger charge is 2.18. The van der Waals surface area contributed by atoms with Crippen LogP contribution in [-0.2, 0) is 17.6 Å². The maximum atomic E-state index is 12.4. The monoisotopic (exact) mass is 363 g/mol. The first-order chi connectivity index (χ1) is 12.6. The zero-order valence-corrected chi connectivity index (χ0v) is 15.0. The first-order valence-corrected chi connectivity index (χ1v) is 9.29. The summed E-state index contributed by atoms with van der Waals surface area (Å²) in [6.07, 6.45) is 1.34. The van der Waals surface area contributed by atoms with Crippen LogP contribution in [0.25, 0.3) is 11.3 Å². The van der Waals surface area contributed by atoms with Gasteiger partial charge in [0.05, 0.1) is 12.1 Å². The fraction of sp³-hybridized carbons (Fsp3) is 0.150. The van der Waals surface area contributed by atoms with Gasteiger partial charge in [-0.25, -0.2) is 4.98 Å². The third kappa shape index (κ3) is 3.23. The van der Waals surface area contributed by atoms with E-state index < -0.39 is 0 Å². The molecule has 2 amide bonds. The fourth-order valence-electron chi connectivity index (χ4n) is 2.91. The highest BCUT2D eigenvalue weighted by Crippen LogP contribution is 2.31. The molecule has 0 atom stereocenters. The molecule has 6 heteroatoms. The van der Waals surface area contributed by atoms with E-state index in [1.54, 1.807) is 0 Å². The summed E-state index contributed by atoms with van der Waals surface area (Å²) < 4.78 is 0. The number of hydrogen-bond donors (Lipinski definition) is 2. The smallest absolute Gasteiger partial charge is 0.257 e. The Bertz CT molecular complexity index is 993. The van der Waals surface area contributed by atoms with Gasteiger partial charge < -0.3 is 5.32 Å². The summed E-state index contributed by atoms with van der Waals surface area (Å²) in [5.74, 6) is -0.158. The van der Waals surface area contributed by atoms with Crippen LogP contribution < -0.4 is 10.6 Å². The number of carbonyl (C=O) groups is 2. The lowest BCUT2D eigenvalue weighted by Gasteiger charge is -2.03.